The average Bonchev–Trinajstić information content (AvgIpc) is 3.28. The van der Waals surface area contributed by atoms with E-state index in [0.29, 0.717) is 17.7 Å². The van der Waals surface area contributed by atoms with E-state index in [-0.39, 0.29) is 23.7 Å². The first kappa shape index (κ1) is 18.2. The van der Waals surface area contributed by atoms with E-state index in [4.69, 9.17) is 0 Å². The SMILES string of the molecule is C/C(=N\NC(=O)C1CC(c2ccc(C)s2)NN1)c1ccc([N+](=O)[O-])cc1. The van der Waals surface area contributed by atoms with E-state index in [0.717, 1.165) is 0 Å². The number of aryl methyl sites for hydroxylation is 1. The largest absolute Gasteiger partial charge is 0.271 e. The minimum absolute atomic E-state index is 0.0154. The smallest absolute Gasteiger partial charge is 0.269 e. The van der Waals surface area contributed by atoms with Gasteiger partial charge in [0, 0.05) is 21.9 Å². The Labute approximate surface area is 154 Å². The van der Waals surface area contributed by atoms with E-state index in [1.165, 1.54) is 21.9 Å². The van der Waals surface area contributed by atoms with Crippen molar-refractivity contribution < 1.29 is 9.72 Å². The molecule has 3 rings (SSSR count). The van der Waals surface area contributed by atoms with Crippen LogP contribution in [-0.4, -0.2) is 22.6 Å². The van der Waals surface area contributed by atoms with Gasteiger partial charge in [-0.25, -0.2) is 16.3 Å². The molecule has 1 aromatic heterocycles. The predicted molar refractivity (Wildman–Crippen MR) is 99.9 cm³/mol. The van der Waals surface area contributed by atoms with Crippen LogP contribution in [0.5, 0.6) is 0 Å². The van der Waals surface area contributed by atoms with Crippen molar-refractivity contribution >= 4 is 28.6 Å². The van der Waals surface area contributed by atoms with Crippen molar-refractivity contribution in [2.75, 3.05) is 0 Å². The maximum absolute atomic E-state index is 12.3. The monoisotopic (exact) mass is 373 g/mol. The van der Waals surface area contributed by atoms with Crippen LogP contribution >= 0.6 is 11.3 Å². The molecule has 2 unspecified atom stereocenters. The summed E-state index contributed by atoms with van der Waals surface area (Å²) in [7, 11) is 0. The van der Waals surface area contributed by atoms with Crippen LogP contribution in [0.25, 0.3) is 0 Å². The molecule has 9 heteroatoms. The number of hydrazine groups is 1. The number of amides is 1. The van der Waals surface area contributed by atoms with Crippen molar-refractivity contribution in [2.45, 2.75) is 32.4 Å². The summed E-state index contributed by atoms with van der Waals surface area (Å²) in [5.74, 6) is -0.227. The molecule has 0 saturated carbocycles. The summed E-state index contributed by atoms with van der Waals surface area (Å²) < 4.78 is 0. The molecule has 1 saturated heterocycles. The summed E-state index contributed by atoms with van der Waals surface area (Å²) in [6.45, 7) is 3.79. The van der Waals surface area contributed by atoms with E-state index in [9.17, 15) is 14.9 Å². The van der Waals surface area contributed by atoms with Crippen molar-refractivity contribution in [3.63, 3.8) is 0 Å². The highest BCUT2D eigenvalue weighted by molar-refractivity contribution is 7.12. The van der Waals surface area contributed by atoms with E-state index in [1.807, 2.05) is 0 Å². The number of benzene rings is 1. The Morgan fingerprint density at radius 1 is 1.27 bits per heavy atom. The molecule has 26 heavy (non-hydrogen) atoms. The Hall–Kier alpha value is -2.62. The number of carbonyl (C=O) groups is 1. The number of hydrogen-bond donors (Lipinski definition) is 3. The second-order valence-corrected chi connectivity index (χ2v) is 7.37. The third kappa shape index (κ3) is 4.13. The highest BCUT2D eigenvalue weighted by Crippen LogP contribution is 2.28. The van der Waals surface area contributed by atoms with Crippen molar-refractivity contribution in [1.82, 2.24) is 16.3 Å². The number of carbonyl (C=O) groups excluding carboxylic acids is 1. The number of hydrogen-bond acceptors (Lipinski definition) is 7. The van der Waals surface area contributed by atoms with Crippen molar-refractivity contribution in [3.8, 4) is 0 Å². The van der Waals surface area contributed by atoms with Gasteiger partial charge in [-0.05, 0) is 50.1 Å². The lowest BCUT2D eigenvalue weighted by Crippen LogP contribution is -2.41. The highest BCUT2D eigenvalue weighted by atomic mass is 32.1. The first-order chi connectivity index (χ1) is 12.4. The number of rotatable bonds is 5. The molecule has 0 spiro atoms. The van der Waals surface area contributed by atoms with E-state index in [2.05, 4.69) is 40.4 Å². The molecule has 0 aliphatic carbocycles. The van der Waals surface area contributed by atoms with Gasteiger partial charge in [-0.1, -0.05) is 0 Å². The van der Waals surface area contributed by atoms with Crippen molar-refractivity contribution in [3.05, 3.63) is 61.8 Å². The molecule has 2 aromatic rings. The number of nitro benzene ring substituents is 1. The lowest BCUT2D eigenvalue weighted by Gasteiger charge is -2.08. The van der Waals surface area contributed by atoms with Crippen LogP contribution < -0.4 is 16.3 Å². The second-order valence-electron chi connectivity index (χ2n) is 6.06. The third-order valence-corrected chi connectivity index (χ3v) is 5.27. The second kappa shape index (κ2) is 7.73. The predicted octanol–water partition coefficient (Wildman–Crippen LogP) is 2.41. The summed E-state index contributed by atoms with van der Waals surface area (Å²) in [5, 5.41) is 14.8. The van der Waals surface area contributed by atoms with Gasteiger partial charge in [0.25, 0.3) is 11.6 Å². The maximum Gasteiger partial charge on any atom is 0.269 e. The normalized spacial score (nSPS) is 20.2. The quantitative estimate of drug-likeness (QED) is 0.424. The molecule has 1 aromatic carbocycles. The van der Waals surface area contributed by atoms with E-state index < -0.39 is 4.92 Å². The minimum Gasteiger partial charge on any atom is -0.271 e. The first-order valence-electron chi connectivity index (χ1n) is 8.10. The van der Waals surface area contributed by atoms with Crippen LogP contribution in [0.15, 0.2) is 41.5 Å². The summed E-state index contributed by atoms with van der Waals surface area (Å²) in [5.41, 5.74) is 9.99. The van der Waals surface area contributed by atoms with Gasteiger partial charge in [-0.2, -0.15) is 5.10 Å². The van der Waals surface area contributed by atoms with E-state index >= 15 is 0 Å². The van der Waals surface area contributed by atoms with Gasteiger partial charge < -0.3 is 0 Å². The molecule has 8 nitrogen and oxygen atoms in total. The van der Waals surface area contributed by atoms with Gasteiger partial charge in [-0.15, -0.1) is 11.3 Å². The topological polar surface area (TPSA) is 109 Å². The molecular weight excluding hydrogens is 354 g/mol. The first-order valence-corrected chi connectivity index (χ1v) is 8.92. The summed E-state index contributed by atoms with van der Waals surface area (Å²) >= 11 is 1.71. The summed E-state index contributed by atoms with van der Waals surface area (Å²) in [6.07, 6.45) is 0.637. The zero-order valence-corrected chi connectivity index (χ0v) is 15.2. The summed E-state index contributed by atoms with van der Waals surface area (Å²) in [4.78, 5) is 24.9. The number of hydrazone groups is 1. The Morgan fingerprint density at radius 2 is 2.00 bits per heavy atom. The number of non-ortho nitro benzene ring substituents is 1. The molecule has 2 heterocycles. The fourth-order valence-corrected chi connectivity index (χ4v) is 3.60. The molecule has 0 bridgehead atoms. The number of thiophene rings is 1. The third-order valence-electron chi connectivity index (χ3n) is 4.15. The Morgan fingerprint density at radius 3 is 2.62 bits per heavy atom. The maximum atomic E-state index is 12.3. The van der Waals surface area contributed by atoms with Crippen molar-refractivity contribution in [1.29, 1.82) is 0 Å². The van der Waals surface area contributed by atoms with Crippen LogP contribution in [0.4, 0.5) is 5.69 Å². The zero-order valence-electron chi connectivity index (χ0n) is 14.4. The van der Waals surface area contributed by atoms with Gasteiger partial charge >= 0.3 is 0 Å². The van der Waals surface area contributed by atoms with Gasteiger partial charge in [0.2, 0.25) is 0 Å². The lowest BCUT2D eigenvalue weighted by molar-refractivity contribution is -0.384. The zero-order chi connectivity index (χ0) is 18.7. The van der Waals surface area contributed by atoms with Crippen LogP contribution in [0.3, 0.4) is 0 Å². The number of nitrogens with zero attached hydrogens (tertiary/aromatic N) is 2. The fourth-order valence-electron chi connectivity index (χ4n) is 2.66. The van der Waals surface area contributed by atoms with Crippen LogP contribution in [0.2, 0.25) is 0 Å². The van der Waals surface area contributed by atoms with Gasteiger partial charge in [-0.3, -0.25) is 14.9 Å². The van der Waals surface area contributed by atoms with Crippen LogP contribution in [0, 0.1) is 17.0 Å². The van der Waals surface area contributed by atoms with E-state index in [1.54, 1.807) is 30.4 Å². The Kier molecular flexibility index (Phi) is 5.40. The molecule has 1 aliphatic rings. The van der Waals surface area contributed by atoms with Gasteiger partial charge in [0.15, 0.2) is 0 Å². The molecule has 1 amide bonds. The summed E-state index contributed by atoms with van der Waals surface area (Å²) in [6, 6.07) is 9.88. The number of nitro groups is 1. The molecule has 1 aliphatic heterocycles. The molecule has 136 valence electrons. The van der Waals surface area contributed by atoms with Gasteiger partial charge in [0.05, 0.1) is 16.7 Å². The van der Waals surface area contributed by atoms with Crippen LogP contribution in [-0.2, 0) is 4.79 Å². The molecule has 2 atom stereocenters. The van der Waals surface area contributed by atoms with Crippen LogP contribution in [0.1, 0.15) is 34.7 Å². The average molecular weight is 373 g/mol. The molecular formula is C17H19N5O3S. The molecule has 0 radical (unpaired) electrons. The highest BCUT2D eigenvalue weighted by Gasteiger charge is 2.30. The lowest BCUT2D eigenvalue weighted by atomic mass is 10.1. The molecule has 1 fully saturated rings. The Balaban J connectivity index is 1.57. The standard InChI is InChI=1S/C17H19N5O3S/c1-10-3-8-16(26-10)14-9-15(20-19-14)17(23)21-18-11(2)12-4-6-13(7-5-12)22(24)25/h3-8,14-15,19-20H,9H2,1-2H3,(H,21,23)/b18-11+. The molecule has 3 N–H and O–H groups in total. The number of nitrogens with one attached hydrogen (secondary N) is 3. The van der Waals surface area contributed by atoms with Crippen molar-refractivity contribution in [2.24, 2.45) is 5.10 Å². The fraction of sp³-hybridized carbons (Fsp3) is 0.294. The van der Waals surface area contributed by atoms with Gasteiger partial charge in [0.1, 0.15) is 6.04 Å². The Bertz CT molecular complexity index is 846. The minimum atomic E-state index is -0.456.